The number of nitrogens with zero attached hydrogens (tertiary/aromatic N) is 3. The van der Waals surface area contributed by atoms with Gasteiger partial charge in [-0.25, -0.2) is 0 Å². The Morgan fingerprint density at radius 2 is 2.33 bits per heavy atom. The van der Waals surface area contributed by atoms with Gasteiger partial charge >= 0.3 is 80.4 Å². The van der Waals surface area contributed by atoms with E-state index in [1.807, 2.05) is 18.3 Å². The summed E-state index contributed by atoms with van der Waals surface area (Å²) in [7, 11) is 0. The average molecular weight is 272 g/mol. The summed E-state index contributed by atoms with van der Waals surface area (Å²) >= 11 is 0.0422. The van der Waals surface area contributed by atoms with Crippen LogP contribution in [0.2, 0.25) is 0 Å². The van der Waals surface area contributed by atoms with Crippen LogP contribution in [-0.2, 0) is 0 Å². The van der Waals surface area contributed by atoms with Gasteiger partial charge in [-0.3, -0.25) is 0 Å². The summed E-state index contributed by atoms with van der Waals surface area (Å²) in [5, 5.41) is 7.92. The minimum absolute atomic E-state index is 0.0422. The van der Waals surface area contributed by atoms with Crippen LogP contribution >= 0.6 is 0 Å². The van der Waals surface area contributed by atoms with Crippen molar-refractivity contribution >= 4 is 11.0 Å². The van der Waals surface area contributed by atoms with Gasteiger partial charge in [0.05, 0.1) is 0 Å². The molecule has 2 aromatic rings. The van der Waals surface area contributed by atoms with Crippen molar-refractivity contribution in [2.24, 2.45) is 0 Å². The fraction of sp³-hybridized carbons (Fsp3) is 0.125. The van der Waals surface area contributed by atoms with Crippen LogP contribution in [0, 0.1) is 3.57 Å². The summed E-state index contributed by atoms with van der Waals surface area (Å²) < 4.78 is 1.26. The topological polar surface area (TPSA) is 38.7 Å². The number of fused-ring (bicyclic) bond motifs is 1. The normalized spacial score (nSPS) is 10.8. The van der Waals surface area contributed by atoms with Crippen molar-refractivity contribution in [1.82, 2.24) is 15.2 Å². The predicted molar refractivity (Wildman–Crippen MR) is 42.0 cm³/mol. The summed E-state index contributed by atoms with van der Waals surface area (Å²) in [5.41, 5.74) is 1.92. The van der Waals surface area contributed by atoms with E-state index in [2.05, 4.69) is 20.1 Å². The second-order valence-electron chi connectivity index (χ2n) is 2.25. The van der Waals surface area contributed by atoms with E-state index >= 15 is 0 Å². The van der Waals surface area contributed by atoms with E-state index in [0.29, 0.717) is 0 Å². The van der Waals surface area contributed by atoms with Crippen LogP contribution in [0.1, 0.15) is 0 Å². The number of pyridine rings is 1. The third-order valence-corrected chi connectivity index (χ3v) is 3.50. The molecule has 0 unspecified atom stereocenters. The molecule has 0 N–H and O–H groups in total. The molecule has 62 valence electrons. The van der Waals surface area contributed by atoms with Gasteiger partial charge in [0, 0.05) is 0 Å². The van der Waals surface area contributed by atoms with Gasteiger partial charge in [0.15, 0.2) is 0 Å². The summed E-state index contributed by atoms with van der Waals surface area (Å²) in [6, 6.07) is 3.83. The fourth-order valence-electron chi connectivity index (χ4n) is 1.00. The third-order valence-electron chi connectivity index (χ3n) is 1.55. The number of hydrogen-bond acceptors (Lipinski definition) is 3. The zero-order chi connectivity index (χ0) is 8.39. The molecule has 4 heteroatoms. The summed E-state index contributed by atoms with van der Waals surface area (Å²) in [6.07, 6.45) is 3.62. The van der Waals surface area contributed by atoms with Gasteiger partial charge in [-0.05, 0) is 0 Å². The van der Waals surface area contributed by atoms with Gasteiger partial charge in [0.25, 0.3) is 0 Å². The Bertz CT molecular complexity index is 397. The molecule has 0 atom stereocenters. The molecule has 0 amide bonds. The Balaban J connectivity index is 2.79. The Morgan fingerprint density at radius 3 is 3.17 bits per heavy atom. The third kappa shape index (κ3) is 1.26. The monoisotopic (exact) mass is 272 g/mol. The molecule has 0 aliphatic carbocycles. The van der Waals surface area contributed by atoms with E-state index in [0.717, 1.165) is 11.0 Å². The number of halogens is 1. The fourth-order valence-corrected chi connectivity index (χ4v) is 2.33. The number of rotatable bonds is 1. The minimum atomic E-state index is 0.0422. The van der Waals surface area contributed by atoms with Crippen molar-refractivity contribution in [3.63, 3.8) is 0 Å². The Kier molecular flexibility index (Phi) is 2.16. The molecule has 2 rings (SSSR count). The van der Waals surface area contributed by atoms with E-state index in [1.54, 1.807) is 6.20 Å². The molecule has 0 fully saturated rings. The summed E-state index contributed by atoms with van der Waals surface area (Å²) in [6.45, 7) is 0. The molecule has 2 aromatic heterocycles. The molecule has 0 spiro atoms. The molecule has 2 heterocycles. The van der Waals surface area contributed by atoms with E-state index in [1.165, 1.54) is 3.57 Å². The first-order chi connectivity index (χ1) is 5.92. The SMILES string of the molecule is C[I-]c1cnnc2cccnc12. The zero-order valence-corrected chi connectivity index (χ0v) is 8.69. The van der Waals surface area contributed by atoms with Gasteiger partial charge < -0.3 is 0 Å². The number of alkyl halides is 1. The maximum absolute atomic E-state index is 4.28. The number of aromatic nitrogens is 3. The van der Waals surface area contributed by atoms with Crippen LogP contribution in [-0.4, -0.2) is 20.1 Å². The van der Waals surface area contributed by atoms with Crippen molar-refractivity contribution in [1.29, 1.82) is 0 Å². The van der Waals surface area contributed by atoms with Crippen molar-refractivity contribution in [2.45, 2.75) is 0 Å². The molecular weight excluding hydrogens is 265 g/mol. The van der Waals surface area contributed by atoms with Crippen molar-refractivity contribution in [3.05, 3.63) is 28.1 Å². The van der Waals surface area contributed by atoms with Gasteiger partial charge in [0.2, 0.25) is 0 Å². The second kappa shape index (κ2) is 3.30. The summed E-state index contributed by atoms with van der Waals surface area (Å²) in [5.74, 6) is 0. The molecule has 12 heavy (non-hydrogen) atoms. The molecule has 0 radical (unpaired) electrons. The van der Waals surface area contributed by atoms with Crippen LogP contribution in [0.5, 0.6) is 0 Å². The predicted octanol–water partition coefficient (Wildman–Crippen LogP) is -2.09. The standard InChI is InChI=1S/C8H7IN3/c1-9-6-5-11-12-7-3-2-4-10-8(6)7/h2-5H,1H3/q-1. The number of hydrogen-bond donors (Lipinski definition) is 0. The van der Waals surface area contributed by atoms with Crippen LogP contribution in [0.25, 0.3) is 11.0 Å². The Labute approximate surface area is 80.5 Å². The zero-order valence-electron chi connectivity index (χ0n) is 6.53. The van der Waals surface area contributed by atoms with E-state index in [-0.39, 0.29) is 21.2 Å². The van der Waals surface area contributed by atoms with Crippen LogP contribution in [0.15, 0.2) is 24.5 Å². The van der Waals surface area contributed by atoms with Gasteiger partial charge in [-0.2, -0.15) is 0 Å². The van der Waals surface area contributed by atoms with E-state index in [4.69, 9.17) is 0 Å². The van der Waals surface area contributed by atoms with Crippen LogP contribution < -0.4 is 21.2 Å². The van der Waals surface area contributed by atoms with E-state index in [9.17, 15) is 0 Å². The summed E-state index contributed by atoms with van der Waals surface area (Å²) in [4.78, 5) is 6.48. The molecule has 3 nitrogen and oxygen atoms in total. The van der Waals surface area contributed by atoms with E-state index < -0.39 is 0 Å². The molecule has 0 saturated carbocycles. The molecule has 0 aromatic carbocycles. The maximum atomic E-state index is 4.28. The quantitative estimate of drug-likeness (QED) is 0.441. The van der Waals surface area contributed by atoms with Crippen molar-refractivity contribution in [3.8, 4) is 0 Å². The van der Waals surface area contributed by atoms with Gasteiger partial charge in [-0.15, -0.1) is 0 Å². The first-order valence-electron chi connectivity index (χ1n) is 3.47. The van der Waals surface area contributed by atoms with Crippen molar-refractivity contribution in [2.75, 3.05) is 4.93 Å². The van der Waals surface area contributed by atoms with Crippen LogP contribution in [0.3, 0.4) is 0 Å². The first kappa shape index (κ1) is 7.85. The molecular formula is C8H7IN3-. The Hall–Kier alpha value is -0.780. The first-order valence-corrected chi connectivity index (χ1v) is 6.71. The molecule has 0 aliphatic rings. The molecule has 0 bridgehead atoms. The van der Waals surface area contributed by atoms with Gasteiger partial charge in [0.1, 0.15) is 0 Å². The van der Waals surface area contributed by atoms with Crippen molar-refractivity contribution < 1.29 is 21.2 Å². The van der Waals surface area contributed by atoms with Crippen LogP contribution in [0.4, 0.5) is 0 Å². The Morgan fingerprint density at radius 1 is 1.42 bits per heavy atom. The molecule has 0 aliphatic heterocycles. The molecule has 0 saturated heterocycles. The van der Waals surface area contributed by atoms with Gasteiger partial charge in [-0.1, -0.05) is 0 Å². The second-order valence-corrected chi connectivity index (χ2v) is 4.49. The average Bonchev–Trinajstić information content (AvgIpc) is 2.17.